The van der Waals surface area contributed by atoms with E-state index in [1.165, 1.54) is 102 Å². The molecule has 0 aliphatic rings. The molecule has 0 aromatic rings. The molecule has 0 spiro atoms. The SMILES string of the molecule is C=CC(=O)OCCCCCCCCCCCCCCCCCCC[SiH2]C(Cl)(Cl)Cl. The molecule has 0 aromatic heterocycles. The van der Waals surface area contributed by atoms with Crippen LogP contribution < -0.4 is 0 Å². The van der Waals surface area contributed by atoms with Gasteiger partial charge in [0, 0.05) is 6.08 Å². The zero-order valence-corrected chi connectivity index (χ0v) is 22.1. The highest BCUT2D eigenvalue weighted by molar-refractivity contribution is 6.87. The van der Waals surface area contributed by atoms with Crippen molar-refractivity contribution in [3.8, 4) is 0 Å². The molecule has 0 fully saturated rings. The minimum absolute atomic E-state index is 0.309. The molecular formula is C23H43Cl3O2Si. The van der Waals surface area contributed by atoms with Gasteiger partial charge in [0.1, 0.15) is 0 Å². The van der Waals surface area contributed by atoms with Gasteiger partial charge in [0.05, 0.1) is 16.1 Å². The molecule has 0 amide bonds. The van der Waals surface area contributed by atoms with Crippen LogP contribution in [0.15, 0.2) is 12.7 Å². The Morgan fingerprint density at radius 1 is 0.690 bits per heavy atom. The second kappa shape index (κ2) is 21.5. The van der Waals surface area contributed by atoms with Crippen LogP contribution in [0.25, 0.3) is 0 Å². The maximum absolute atomic E-state index is 10.9. The van der Waals surface area contributed by atoms with E-state index in [4.69, 9.17) is 39.5 Å². The van der Waals surface area contributed by atoms with Gasteiger partial charge >= 0.3 is 5.97 Å². The van der Waals surface area contributed by atoms with Crippen LogP contribution in [0, 0.1) is 0 Å². The molecule has 0 unspecified atom stereocenters. The minimum Gasteiger partial charge on any atom is -0.463 e. The van der Waals surface area contributed by atoms with E-state index < -0.39 is 12.9 Å². The second-order valence-corrected chi connectivity index (χ2v) is 14.2. The number of unbranched alkanes of at least 4 members (excludes halogenated alkanes) is 16. The molecule has 29 heavy (non-hydrogen) atoms. The zero-order valence-electron chi connectivity index (χ0n) is 18.4. The Labute approximate surface area is 197 Å². The summed E-state index contributed by atoms with van der Waals surface area (Å²) >= 11 is 17.4. The normalized spacial score (nSPS) is 12.0. The van der Waals surface area contributed by atoms with E-state index in [0.29, 0.717) is 6.61 Å². The van der Waals surface area contributed by atoms with Crippen LogP contribution in [0.5, 0.6) is 0 Å². The molecule has 0 atom stereocenters. The van der Waals surface area contributed by atoms with Crippen LogP contribution in [-0.2, 0) is 9.53 Å². The first kappa shape index (κ1) is 29.3. The number of hydrogen-bond donors (Lipinski definition) is 0. The van der Waals surface area contributed by atoms with Crippen molar-refractivity contribution in [3.05, 3.63) is 12.7 Å². The highest BCUT2D eigenvalue weighted by Gasteiger charge is 2.18. The predicted molar refractivity (Wildman–Crippen MR) is 133 cm³/mol. The van der Waals surface area contributed by atoms with E-state index in [1.807, 2.05) is 0 Å². The summed E-state index contributed by atoms with van der Waals surface area (Å²) < 4.78 is 4.04. The molecule has 6 heteroatoms. The first-order chi connectivity index (χ1) is 14.0. The Morgan fingerprint density at radius 2 is 1.03 bits per heavy atom. The van der Waals surface area contributed by atoms with E-state index in [1.54, 1.807) is 0 Å². The first-order valence-electron chi connectivity index (χ1n) is 11.8. The molecule has 2 nitrogen and oxygen atoms in total. The van der Waals surface area contributed by atoms with Crippen molar-refractivity contribution in [2.24, 2.45) is 0 Å². The van der Waals surface area contributed by atoms with Gasteiger partial charge in [-0.1, -0.05) is 150 Å². The van der Waals surface area contributed by atoms with Gasteiger partial charge in [-0.15, -0.1) is 0 Å². The lowest BCUT2D eigenvalue weighted by Gasteiger charge is -2.08. The Balaban J connectivity index is 3.07. The lowest BCUT2D eigenvalue weighted by molar-refractivity contribution is -0.137. The Hall–Kier alpha value is 0.297. The average Bonchev–Trinajstić information content (AvgIpc) is 2.68. The minimum atomic E-state index is -0.926. The van der Waals surface area contributed by atoms with Crippen molar-refractivity contribution >= 4 is 50.3 Å². The quantitative estimate of drug-likeness (QED) is 0.0537. The molecule has 0 aliphatic carbocycles. The summed E-state index contributed by atoms with van der Waals surface area (Å²) in [5.41, 5.74) is 0. The van der Waals surface area contributed by atoms with Gasteiger partial charge in [0.25, 0.3) is 0 Å². The monoisotopic (exact) mass is 484 g/mol. The van der Waals surface area contributed by atoms with Crippen molar-refractivity contribution < 1.29 is 9.53 Å². The molecule has 0 saturated heterocycles. The largest absolute Gasteiger partial charge is 0.463 e. The molecule has 0 heterocycles. The van der Waals surface area contributed by atoms with Gasteiger partial charge in [-0.2, -0.15) is 0 Å². The maximum atomic E-state index is 10.9. The van der Waals surface area contributed by atoms with Gasteiger partial charge in [-0.3, -0.25) is 0 Å². The van der Waals surface area contributed by atoms with E-state index in [0.717, 1.165) is 18.9 Å². The third-order valence-electron chi connectivity index (χ3n) is 5.27. The van der Waals surface area contributed by atoms with E-state index >= 15 is 0 Å². The molecular weight excluding hydrogens is 443 g/mol. The molecule has 0 saturated carbocycles. The molecule has 0 radical (unpaired) electrons. The number of esters is 1. The number of ether oxygens (including phenoxy) is 1. The van der Waals surface area contributed by atoms with Gasteiger partial charge in [0.2, 0.25) is 0 Å². The predicted octanol–water partition coefficient (Wildman–Crippen LogP) is 8.26. The van der Waals surface area contributed by atoms with Crippen LogP contribution in [0.1, 0.15) is 109 Å². The summed E-state index contributed by atoms with van der Waals surface area (Å²) in [5, 5.41) is 0. The van der Waals surface area contributed by atoms with Gasteiger partial charge in [-0.25, -0.2) is 4.79 Å². The smallest absolute Gasteiger partial charge is 0.330 e. The summed E-state index contributed by atoms with van der Waals surface area (Å²) in [6.07, 6.45) is 23.6. The zero-order chi connectivity index (χ0) is 21.6. The summed E-state index contributed by atoms with van der Waals surface area (Å²) in [5.74, 6) is -0.309. The fourth-order valence-corrected chi connectivity index (χ4v) is 5.69. The third kappa shape index (κ3) is 26.3. The fraction of sp³-hybridized carbons (Fsp3) is 0.870. The number of hydrogen-bond acceptors (Lipinski definition) is 2. The average molecular weight is 486 g/mol. The molecule has 0 bridgehead atoms. The van der Waals surface area contributed by atoms with Crippen LogP contribution in [0.2, 0.25) is 6.04 Å². The molecule has 172 valence electrons. The summed E-state index contributed by atoms with van der Waals surface area (Å²) in [4.78, 5) is 10.9. The fourth-order valence-electron chi connectivity index (χ4n) is 3.49. The van der Waals surface area contributed by atoms with Crippen molar-refractivity contribution in [2.75, 3.05) is 6.61 Å². The lowest BCUT2D eigenvalue weighted by Crippen LogP contribution is -2.12. The summed E-state index contributed by atoms with van der Waals surface area (Å²) in [7, 11) is -0.543. The van der Waals surface area contributed by atoms with Crippen molar-refractivity contribution in [1.82, 2.24) is 0 Å². The lowest BCUT2D eigenvalue weighted by atomic mass is 10.0. The third-order valence-corrected chi connectivity index (χ3v) is 8.39. The standard InChI is InChI=1S/C23H43Cl3O2Si/c1-2-22(27)28-20-18-16-14-12-10-8-6-4-3-5-7-9-11-13-15-17-19-21-29-23(24,25)26/h2H,1,3-21,29H2. The van der Waals surface area contributed by atoms with Crippen LogP contribution >= 0.6 is 34.8 Å². The van der Waals surface area contributed by atoms with Crippen LogP contribution in [0.3, 0.4) is 0 Å². The number of rotatable bonds is 21. The summed E-state index contributed by atoms with van der Waals surface area (Å²) in [6, 6.07) is 1.16. The van der Waals surface area contributed by atoms with Gasteiger partial charge in [0.15, 0.2) is 3.42 Å². The van der Waals surface area contributed by atoms with Gasteiger partial charge < -0.3 is 4.74 Å². The van der Waals surface area contributed by atoms with Gasteiger partial charge in [-0.05, 0) is 6.42 Å². The molecule has 0 rings (SSSR count). The molecule has 0 aromatic carbocycles. The number of halogens is 3. The Bertz CT molecular complexity index is 387. The molecule has 0 N–H and O–H groups in total. The van der Waals surface area contributed by atoms with E-state index in [-0.39, 0.29) is 5.97 Å². The first-order valence-corrected chi connectivity index (χ1v) is 14.7. The van der Waals surface area contributed by atoms with Crippen LogP contribution in [0.4, 0.5) is 0 Å². The number of carbonyl (C=O) groups is 1. The highest BCUT2D eigenvalue weighted by atomic mass is 35.6. The van der Waals surface area contributed by atoms with Crippen molar-refractivity contribution in [2.45, 2.75) is 119 Å². The number of carbonyl (C=O) groups excluding carboxylic acids is 1. The Kier molecular flexibility index (Phi) is 21.7. The van der Waals surface area contributed by atoms with E-state index in [2.05, 4.69) is 6.58 Å². The maximum Gasteiger partial charge on any atom is 0.330 e. The van der Waals surface area contributed by atoms with Crippen molar-refractivity contribution in [3.63, 3.8) is 0 Å². The topological polar surface area (TPSA) is 26.3 Å². The summed E-state index contributed by atoms with van der Waals surface area (Å²) in [6.45, 7) is 3.92. The van der Waals surface area contributed by atoms with Crippen LogP contribution in [-0.4, -0.2) is 25.5 Å². The number of alkyl halides is 3. The Morgan fingerprint density at radius 3 is 1.38 bits per heavy atom. The second-order valence-electron chi connectivity index (χ2n) is 8.10. The molecule has 0 aliphatic heterocycles. The van der Waals surface area contributed by atoms with E-state index in [9.17, 15) is 4.79 Å². The highest BCUT2D eigenvalue weighted by Crippen LogP contribution is 2.26. The van der Waals surface area contributed by atoms with Crippen molar-refractivity contribution in [1.29, 1.82) is 0 Å².